The second-order valence-corrected chi connectivity index (χ2v) is 6.28. The van der Waals surface area contributed by atoms with Gasteiger partial charge in [-0.3, -0.25) is 4.90 Å². The highest BCUT2D eigenvalue weighted by atomic mass is 19.1. The lowest BCUT2D eigenvalue weighted by Gasteiger charge is -2.22. The van der Waals surface area contributed by atoms with Crippen molar-refractivity contribution in [2.75, 3.05) is 32.1 Å². The summed E-state index contributed by atoms with van der Waals surface area (Å²) in [7, 11) is 3.56. The van der Waals surface area contributed by atoms with Crippen LogP contribution in [0.5, 0.6) is 0 Å². The molecule has 1 aliphatic heterocycles. The van der Waals surface area contributed by atoms with E-state index in [1.807, 2.05) is 7.05 Å². The number of anilines is 1. The van der Waals surface area contributed by atoms with E-state index in [1.165, 1.54) is 35.2 Å². The Morgan fingerprint density at radius 2 is 1.84 bits per heavy atom. The minimum atomic E-state index is -0.490. The van der Waals surface area contributed by atoms with Gasteiger partial charge in [-0.05, 0) is 49.4 Å². The summed E-state index contributed by atoms with van der Waals surface area (Å²) < 4.78 is 32.4. The molecule has 132 valence electrons. The Bertz CT molecular complexity index is 765. The molecule has 1 fully saturated rings. The summed E-state index contributed by atoms with van der Waals surface area (Å²) in [5.41, 5.74) is 1.63. The van der Waals surface area contributed by atoms with E-state index in [0.29, 0.717) is 23.4 Å². The van der Waals surface area contributed by atoms with Crippen molar-refractivity contribution in [1.29, 1.82) is 0 Å². The van der Waals surface area contributed by atoms with Crippen LogP contribution in [0.2, 0.25) is 0 Å². The van der Waals surface area contributed by atoms with Crippen molar-refractivity contribution in [3.05, 3.63) is 54.1 Å². The first-order valence-corrected chi connectivity index (χ1v) is 8.12. The van der Waals surface area contributed by atoms with E-state index in [0.717, 1.165) is 13.0 Å². The van der Waals surface area contributed by atoms with Gasteiger partial charge < -0.3 is 9.64 Å². The van der Waals surface area contributed by atoms with Gasteiger partial charge in [0.1, 0.15) is 17.7 Å². The first-order valence-electron chi connectivity index (χ1n) is 8.12. The molecule has 1 aliphatic rings. The summed E-state index contributed by atoms with van der Waals surface area (Å²) >= 11 is 0. The number of carbonyl (C=O) groups excluding carboxylic acids is 1. The van der Waals surface area contributed by atoms with E-state index in [1.54, 1.807) is 19.2 Å². The zero-order chi connectivity index (χ0) is 18.0. The molecule has 0 aliphatic carbocycles. The molecule has 1 saturated heterocycles. The van der Waals surface area contributed by atoms with Crippen LogP contribution in [0.4, 0.5) is 19.3 Å². The molecule has 1 heterocycles. The molecule has 0 aromatic heterocycles. The third kappa shape index (κ3) is 3.96. The summed E-state index contributed by atoms with van der Waals surface area (Å²) in [4.78, 5) is 15.9. The van der Waals surface area contributed by atoms with Crippen LogP contribution >= 0.6 is 0 Å². The molecule has 4 nitrogen and oxygen atoms in total. The largest absolute Gasteiger partial charge is 0.444 e. The Balaban J connectivity index is 1.85. The Kier molecular flexibility index (Phi) is 4.99. The smallest absolute Gasteiger partial charge is 0.414 e. The number of amides is 1. The topological polar surface area (TPSA) is 32.8 Å². The number of ether oxygens (including phenoxy) is 1. The Morgan fingerprint density at radius 1 is 1.16 bits per heavy atom. The summed E-state index contributed by atoms with van der Waals surface area (Å²) in [5, 5.41) is 0. The van der Waals surface area contributed by atoms with Gasteiger partial charge in [0.25, 0.3) is 0 Å². The van der Waals surface area contributed by atoms with E-state index >= 15 is 0 Å². The zero-order valence-electron chi connectivity index (χ0n) is 14.2. The van der Waals surface area contributed by atoms with Crippen molar-refractivity contribution in [3.8, 4) is 11.1 Å². The molecule has 2 aromatic carbocycles. The molecule has 1 atom stereocenters. The van der Waals surface area contributed by atoms with Gasteiger partial charge in [0, 0.05) is 25.7 Å². The van der Waals surface area contributed by atoms with Crippen molar-refractivity contribution in [1.82, 2.24) is 4.90 Å². The van der Waals surface area contributed by atoms with Gasteiger partial charge in [-0.25, -0.2) is 13.6 Å². The number of benzene rings is 2. The molecule has 25 heavy (non-hydrogen) atoms. The number of hydrogen-bond acceptors (Lipinski definition) is 3. The quantitative estimate of drug-likeness (QED) is 0.845. The van der Waals surface area contributed by atoms with E-state index in [-0.39, 0.29) is 11.9 Å². The number of halogens is 2. The van der Waals surface area contributed by atoms with Crippen LogP contribution in [0.1, 0.15) is 6.42 Å². The maximum Gasteiger partial charge on any atom is 0.414 e. The van der Waals surface area contributed by atoms with Crippen molar-refractivity contribution < 1.29 is 18.3 Å². The van der Waals surface area contributed by atoms with Crippen LogP contribution in [0.25, 0.3) is 11.1 Å². The second-order valence-electron chi connectivity index (χ2n) is 6.28. The number of likely N-dealkylation sites (tertiary alicyclic amines) is 1. The first-order chi connectivity index (χ1) is 11.9. The molecule has 3 rings (SSSR count). The number of rotatable bonds is 3. The van der Waals surface area contributed by atoms with Crippen LogP contribution in [-0.4, -0.2) is 44.3 Å². The predicted molar refractivity (Wildman–Crippen MR) is 92.6 cm³/mol. The fourth-order valence-corrected chi connectivity index (χ4v) is 2.97. The zero-order valence-corrected chi connectivity index (χ0v) is 14.2. The van der Waals surface area contributed by atoms with Crippen LogP contribution < -0.4 is 4.90 Å². The van der Waals surface area contributed by atoms with E-state index in [2.05, 4.69) is 4.90 Å². The molecular weight excluding hydrogens is 326 g/mol. The molecule has 6 heteroatoms. The first kappa shape index (κ1) is 17.4. The number of nitrogens with zero attached hydrogens (tertiary/aromatic N) is 2. The highest BCUT2D eigenvalue weighted by Gasteiger charge is 2.26. The lowest BCUT2D eigenvalue weighted by Crippen LogP contribution is -2.32. The van der Waals surface area contributed by atoms with Gasteiger partial charge in [0.2, 0.25) is 0 Å². The van der Waals surface area contributed by atoms with E-state index in [9.17, 15) is 13.6 Å². The normalized spacial score (nSPS) is 17.5. The molecule has 0 spiro atoms. The van der Waals surface area contributed by atoms with Crippen LogP contribution in [0.3, 0.4) is 0 Å². The maximum absolute atomic E-state index is 13.7. The van der Waals surface area contributed by atoms with E-state index in [4.69, 9.17) is 4.74 Å². The predicted octanol–water partition coefficient (Wildman–Crippen LogP) is 3.91. The molecule has 0 unspecified atom stereocenters. The van der Waals surface area contributed by atoms with Crippen LogP contribution in [0.15, 0.2) is 42.5 Å². The van der Waals surface area contributed by atoms with Crippen molar-refractivity contribution >= 4 is 11.8 Å². The third-order valence-electron chi connectivity index (χ3n) is 4.36. The van der Waals surface area contributed by atoms with E-state index < -0.39 is 11.9 Å². The van der Waals surface area contributed by atoms with Crippen LogP contribution in [0, 0.1) is 11.6 Å². The van der Waals surface area contributed by atoms with Gasteiger partial charge >= 0.3 is 6.09 Å². The third-order valence-corrected chi connectivity index (χ3v) is 4.36. The minimum absolute atomic E-state index is 0.144. The molecule has 0 saturated carbocycles. The summed E-state index contributed by atoms with van der Waals surface area (Å²) in [5.74, 6) is -0.804. The Morgan fingerprint density at radius 3 is 2.48 bits per heavy atom. The van der Waals surface area contributed by atoms with Gasteiger partial charge in [0.15, 0.2) is 0 Å². The monoisotopic (exact) mass is 346 g/mol. The second kappa shape index (κ2) is 7.19. The number of hydrogen-bond donors (Lipinski definition) is 0. The Hall–Kier alpha value is -2.47. The molecule has 0 bridgehead atoms. The van der Waals surface area contributed by atoms with Crippen molar-refractivity contribution in [3.63, 3.8) is 0 Å². The highest BCUT2D eigenvalue weighted by molar-refractivity contribution is 5.93. The summed E-state index contributed by atoms with van der Waals surface area (Å²) in [6.07, 6.45) is 0.162. The fourth-order valence-electron chi connectivity index (χ4n) is 2.97. The number of carbonyl (C=O) groups is 1. The maximum atomic E-state index is 13.7. The summed E-state index contributed by atoms with van der Waals surface area (Å²) in [6.45, 7) is 1.59. The average Bonchev–Trinajstić information content (AvgIpc) is 2.99. The highest BCUT2D eigenvalue weighted by Crippen LogP contribution is 2.32. The van der Waals surface area contributed by atoms with Gasteiger partial charge in [0.05, 0.1) is 5.69 Å². The lowest BCUT2D eigenvalue weighted by molar-refractivity contribution is 0.110. The summed E-state index contributed by atoms with van der Waals surface area (Å²) in [6, 6.07) is 9.85. The molecular formula is C19H20F2N2O2. The van der Waals surface area contributed by atoms with Crippen molar-refractivity contribution in [2.45, 2.75) is 12.5 Å². The minimum Gasteiger partial charge on any atom is -0.444 e. The van der Waals surface area contributed by atoms with Gasteiger partial charge in [-0.1, -0.05) is 12.1 Å². The molecule has 0 radical (unpaired) electrons. The lowest BCUT2D eigenvalue weighted by atomic mass is 10.0. The number of likely N-dealkylation sites (N-methyl/N-ethyl adjacent to an activating group) is 1. The Labute approximate surface area is 145 Å². The fraction of sp³-hybridized carbons (Fsp3) is 0.316. The average molecular weight is 346 g/mol. The molecule has 2 aromatic rings. The van der Waals surface area contributed by atoms with Crippen LogP contribution in [-0.2, 0) is 4.74 Å². The van der Waals surface area contributed by atoms with Gasteiger partial charge in [-0.15, -0.1) is 0 Å². The molecule has 1 amide bonds. The SMILES string of the molecule is CN1CC[C@@H](OC(=O)N(C)c2ccc(F)cc2-c2ccc(F)cc2)C1. The standard InChI is InChI=1S/C19H20F2N2O2/c1-22-10-9-16(12-22)25-19(24)23(2)18-8-7-15(21)11-17(18)13-3-5-14(20)6-4-13/h3-8,11,16H,9-10,12H2,1-2H3/t16-/m1/s1. The van der Waals surface area contributed by atoms with Gasteiger partial charge in [-0.2, -0.15) is 0 Å². The van der Waals surface area contributed by atoms with Crippen molar-refractivity contribution in [2.24, 2.45) is 0 Å². The molecule has 0 N–H and O–H groups in total.